The molecule has 10 nitrogen and oxygen atoms in total. The van der Waals surface area contributed by atoms with Gasteiger partial charge in [-0.15, -0.1) is 0 Å². The third kappa shape index (κ3) is 5.31. The molecular weight excluding hydrogens is 436 g/mol. The highest BCUT2D eigenvalue weighted by atomic mass is 16.6. The molecule has 34 heavy (non-hydrogen) atoms. The summed E-state index contributed by atoms with van der Waals surface area (Å²) >= 11 is 0. The maximum absolute atomic E-state index is 12.3. The fourth-order valence-electron chi connectivity index (χ4n) is 4.49. The molecule has 3 heterocycles. The second kappa shape index (κ2) is 10.4. The Balaban J connectivity index is 1.45. The molecule has 2 aromatic heterocycles. The van der Waals surface area contributed by atoms with Crippen LogP contribution in [0.4, 0.5) is 11.8 Å². The summed E-state index contributed by atoms with van der Waals surface area (Å²) in [5.41, 5.74) is 2.09. The van der Waals surface area contributed by atoms with Gasteiger partial charge in [0.15, 0.2) is 22.9 Å². The van der Waals surface area contributed by atoms with Crippen LogP contribution in [0.2, 0.25) is 0 Å². The standard InChI is InChI=1S/C24H34N6O4/c1-14(2)22(32)29-24-27-20(25-4)19-21(28-24)30(13-26-19)23-15(3)10-17(34-23)12-33-18(31)11-16-8-6-5-7-9-16/h13-14,16-17H,5-12H2,1-4H3,(H2,25,27,28,29,32). The van der Waals surface area contributed by atoms with Gasteiger partial charge >= 0.3 is 5.97 Å². The minimum atomic E-state index is -0.256. The number of imidazole rings is 1. The van der Waals surface area contributed by atoms with Crippen molar-refractivity contribution in [1.29, 1.82) is 0 Å². The SMILES string of the molecule is CNc1nc(NC(=O)C(C)C)nc2c1ncn2C1=C(C)CC(COC(=O)CC2CCCCC2)O1. The lowest BCUT2D eigenvalue weighted by Gasteiger charge is -2.21. The Bertz CT molecular complexity index is 1090. The molecule has 1 aliphatic carbocycles. The smallest absolute Gasteiger partial charge is 0.306 e. The van der Waals surface area contributed by atoms with E-state index in [1.165, 1.54) is 19.3 Å². The monoisotopic (exact) mass is 470 g/mol. The van der Waals surface area contributed by atoms with Crippen molar-refractivity contribution in [3.8, 4) is 0 Å². The molecule has 1 unspecified atom stereocenters. The van der Waals surface area contributed by atoms with Gasteiger partial charge in [-0.25, -0.2) is 4.98 Å². The van der Waals surface area contributed by atoms with Gasteiger partial charge in [0.1, 0.15) is 19.0 Å². The zero-order chi connectivity index (χ0) is 24.2. The number of hydrogen-bond donors (Lipinski definition) is 2. The lowest BCUT2D eigenvalue weighted by Crippen LogP contribution is -2.21. The Hall–Kier alpha value is -3.17. The quantitative estimate of drug-likeness (QED) is 0.557. The highest BCUT2D eigenvalue weighted by Gasteiger charge is 2.28. The normalized spacial score (nSPS) is 18.9. The highest BCUT2D eigenvalue weighted by molar-refractivity contribution is 5.93. The van der Waals surface area contributed by atoms with Gasteiger partial charge in [-0.05, 0) is 31.3 Å². The Morgan fingerprint density at radius 2 is 2.00 bits per heavy atom. The van der Waals surface area contributed by atoms with Gasteiger partial charge in [0.2, 0.25) is 11.9 Å². The summed E-state index contributed by atoms with van der Waals surface area (Å²) in [5, 5.41) is 5.76. The number of aromatic nitrogens is 4. The molecule has 1 amide bonds. The van der Waals surface area contributed by atoms with Crippen molar-refractivity contribution in [2.45, 2.75) is 71.8 Å². The van der Waals surface area contributed by atoms with Gasteiger partial charge in [0.25, 0.3) is 0 Å². The third-order valence-electron chi connectivity index (χ3n) is 6.40. The first kappa shape index (κ1) is 24.0. The van der Waals surface area contributed by atoms with E-state index in [0.717, 1.165) is 18.4 Å². The van der Waals surface area contributed by atoms with Gasteiger partial charge in [-0.2, -0.15) is 9.97 Å². The Labute approximate surface area is 199 Å². The number of carbonyl (C=O) groups is 2. The van der Waals surface area contributed by atoms with Gasteiger partial charge in [0, 0.05) is 25.8 Å². The number of fused-ring (bicyclic) bond motifs is 1. The average molecular weight is 471 g/mol. The molecule has 1 atom stereocenters. The number of esters is 1. The number of anilines is 2. The first-order valence-corrected chi connectivity index (χ1v) is 12.1. The predicted molar refractivity (Wildman–Crippen MR) is 129 cm³/mol. The van der Waals surface area contributed by atoms with Crippen molar-refractivity contribution in [1.82, 2.24) is 19.5 Å². The Morgan fingerprint density at radius 1 is 1.24 bits per heavy atom. The first-order chi connectivity index (χ1) is 16.4. The van der Waals surface area contributed by atoms with Gasteiger partial charge < -0.3 is 14.8 Å². The van der Waals surface area contributed by atoms with Crippen molar-refractivity contribution < 1.29 is 19.1 Å². The molecule has 10 heteroatoms. The summed E-state index contributed by atoms with van der Waals surface area (Å²) in [7, 11) is 1.74. The molecule has 0 saturated heterocycles. The number of rotatable bonds is 8. The van der Waals surface area contributed by atoms with Crippen LogP contribution in [0.1, 0.15) is 65.7 Å². The van der Waals surface area contributed by atoms with Crippen LogP contribution in [0.25, 0.3) is 17.0 Å². The van der Waals surface area contributed by atoms with E-state index in [1.807, 2.05) is 6.92 Å². The molecule has 2 N–H and O–H groups in total. The van der Waals surface area contributed by atoms with Crippen molar-refractivity contribution in [2.75, 3.05) is 24.3 Å². The van der Waals surface area contributed by atoms with E-state index in [2.05, 4.69) is 25.6 Å². The highest BCUT2D eigenvalue weighted by Crippen LogP contribution is 2.32. The van der Waals surface area contributed by atoms with Crippen LogP contribution in [0.5, 0.6) is 0 Å². The van der Waals surface area contributed by atoms with Gasteiger partial charge in [0.05, 0.1) is 0 Å². The Kier molecular flexibility index (Phi) is 7.33. The lowest BCUT2D eigenvalue weighted by molar-refractivity contribution is -0.147. The van der Waals surface area contributed by atoms with Gasteiger partial charge in [-0.1, -0.05) is 33.1 Å². The van der Waals surface area contributed by atoms with Crippen molar-refractivity contribution in [3.05, 3.63) is 11.9 Å². The summed E-state index contributed by atoms with van der Waals surface area (Å²) in [5.74, 6) is 1.24. The molecule has 0 bridgehead atoms. The third-order valence-corrected chi connectivity index (χ3v) is 6.40. The number of carbonyl (C=O) groups excluding carboxylic acids is 2. The summed E-state index contributed by atoms with van der Waals surface area (Å²) in [6.45, 7) is 5.80. The van der Waals surface area contributed by atoms with E-state index >= 15 is 0 Å². The lowest BCUT2D eigenvalue weighted by atomic mass is 9.87. The number of hydrogen-bond acceptors (Lipinski definition) is 8. The molecular formula is C24H34N6O4. The fourth-order valence-corrected chi connectivity index (χ4v) is 4.49. The van der Waals surface area contributed by atoms with E-state index < -0.39 is 0 Å². The Morgan fingerprint density at radius 3 is 2.71 bits per heavy atom. The van der Waals surface area contributed by atoms with Crippen LogP contribution in [0, 0.1) is 11.8 Å². The summed E-state index contributed by atoms with van der Waals surface area (Å²) < 4.78 is 13.5. The van der Waals surface area contributed by atoms with Crippen LogP contribution < -0.4 is 10.6 Å². The molecule has 1 saturated carbocycles. The first-order valence-electron chi connectivity index (χ1n) is 12.1. The zero-order valence-corrected chi connectivity index (χ0v) is 20.4. The summed E-state index contributed by atoms with van der Waals surface area (Å²) in [6, 6.07) is 0. The van der Waals surface area contributed by atoms with E-state index in [1.54, 1.807) is 31.8 Å². The molecule has 1 fully saturated rings. The zero-order valence-electron chi connectivity index (χ0n) is 20.4. The molecule has 184 valence electrons. The summed E-state index contributed by atoms with van der Waals surface area (Å²) in [6.07, 6.45) is 8.42. The number of amides is 1. The van der Waals surface area contributed by atoms with E-state index in [4.69, 9.17) is 9.47 Å². The van der Waals surface area contributed by atoms with Crippen LogP contribution >= 0.6 is 0 Å². The van der Waals surface area contributed by atoms with Crippen molar-refractivity contribution in [2.24, 2.45) is 11.8 Å². The molecule has 2 aliphatic rings. The van der Waals surface area contributed by atoms with E-state index in [0.29, 0.717) is 41.6 Å². The number of nitrogens with zero attached hydrogens (tertiary/aromatic N) is 4. The van der Waals surface area contributed by atoms with E-state index in [-0.39, 0.29) is 36.5 Å². The molecule has 1 aliphatic heterocycles. The minimum absolute atomic E-state index is 0.147. The molecule has 0 aromatic carbocycles. The second-order valence-corrected chi connectivity index (χ2v) is 9.50. The van der Waals surface area contributed by atoms with Crippen LogP contribution in [-0.4, -0.2) is 51.2 Å². The van der Waals surface area contributed by atoms with Crippen LogP contribution in [0.15, 0.2) is 11.9 Å². The fraction of sp³-hybridized carbons (Fsp3) is 0.625. The van der Waals surface area contributed by atoms with Crippen LogP contribution in [0.3, 0.4) is 0 Å². The van der Waals surface area contributed by atoms with E-state index in [9.17, 15) is 9.59 Å². The van der Waals surface area contributed by atoms with Crippen LogP contribution in [-0.2, 0) is 19.1 Å². The summed E-state index contributed by atoms with van der Waals surface area (Å²) in [4.78, 5) is 37.8. The predicted octanol–water partition coefficient (Wildman–Crippen LogP) is 3.95. The maximum atomic E-state index is 12.3. The van der Waals surface area contributed by atoms with Crippen molar-refractivity contribution in [3.63, 3.8) is 0 Å². The molecule has 0 radical (unpaired) electrons. The second-order valence-electron chi connectivity index (χ2n) is 9.50. The largest absolute Gasteiger partial charge is 0.471 e. The average Bonchev–Trinajstić information content (AvgIpc) is 3.40. The van der Waals surface area contributed by atoms with Gasteiger partial charge in [-0.3, -0.25) is 19.5 Å². The molecule has 0 spiro atoms. The molecule has 2 aromatic rings. The van der Waals surface area contributed by atoms with Crippen molar-refractivity contribution >= 4 is 40.7 Å². The minimum Gasteiger partial charge on any atom is -0.471 e. The maximum Gasteiger partial charge on any atom is 0.306 e. The topological polar surface area (TPSA) is 120 Å². The molecule has 4 rings (SSSR count). The number of nitrogens with one attached hydrogen (secondary N) is 2. The number of ether oxygens (including phenoxy) is 2.